The molecule has 0 aliphatic carbocycles. The summed E-state index contributed by atoms with van der Waals surface area (Å²) >= 11 is 0. The van der Waals surface area contributed by atoms with E-state index in [9.17, 15) is 14.4 Å². The fourth-order valence-corrected chi connectivity index (χ4v) is 3.19. The molecule has 0 aromatic heterocycles. The van der Waals surface area contributed by atoms with Crippen molar-refractivity contribution in [2.24, 2.45) is 0 Å². The van der Waals surface area contributed by atoms with Crippen molar-refractivity contribution < 1.29 is 29.0 Å². The fourth-order valence-electron chi connectivity index (χ4n) is 3.19. The largest absolute Gasteiger partial charge is 0.471 e. The molecule has 7 nitrogen and oxygen atoms in total. The highest BCUT2D eigenvalue weighted by atomic mass is 16.6. The van der Waals surface area contributed by atoms with Crippen molar-refractivity contribution in [3.63, 3.8) is 0 Å². The monoisotopic (exact) mass is 357 g/mol. The van der Waals surface area contributed by atoms with Crippen molar-refractivity contribution in [2.45, 2.75) is 31.2 Å². The number of allylic oxidation sites excluding steroid dienone is 1. The van der Waals surface area contributed by atoms with Crippen LogP contribution in [0, 0.1) is 0 Å². The summed E-state index contributed by atoms with van der Waals surface area (Å²) in [7, 11) is 0. The first-order valence-electron chi connectivity index (χ1n) is 8.25. The van der Waals surface area contributed by atoms with Gasteiger partial charge >= 0.3 is 5.97 Å². The van der Waals surface area contributed by atoms with Gasteiger partial charge in [-0.25, -0.2) is 4.79 Å². The number of hydrogen-bond acceptors (Lipinski definition) is 6. The van der Waals surface area contributed by atoms with Gasteiger partial charge in [0.05, 0.1) is 13.0 Å². The quantitative estimate of drug-likeness (QED) is 0.258. The molecule has 1 unspecified atom stereocenters. The van der Waals surface area contributed by atoms with E-state index in [2.05, 4.69) is 0 Å². The molecule has 0 spiro atoms. The number of hydrogen-bond donors (Lipinski definition) is 1. The predicted molar refractivity (Wildman–Crippen MR) is 90.3 cm³/mol. The molecule has 1 N–H and O–H groups in total. The third-order valence-electron chi connectivity index (χ3n) is 4.44. The third-order valence-corrected chi connectivity index (χ3v) is 4.44. The van der Waals surface area contributed by atoms with E-state index >= 15 is 0 Å². The van der Waals surface area contributed by atoms with Crippen LogP contribution in [0.2, 0.25) is 0 Å². The topological polar surface area (TPSA) is 93.1 Å². The summed E-state index contributed by atoms with van der Waals surface area (Å²) in [5.74, 6) is -0.838. The van der Waals surface area contributed by atoms with Crippen molar-refractivity contribution in [2.75, 3.05) is 6.61 Å². The lowest BCUT2D eigenvalue weighted by molar-refractivity contribution is -0.174. The number of rotatable bonds is 7. The first-order valence-corrected chi connectivity index (χ1v) is 8.25. The summed E-state index contributed by atoms with van der Waals surface area (Å²) in [6, 6.07) is 9.14. The maximum absolute atomic E-state index is 13.0. The molecule has 1 aromatic carbocycles. The van der Waals surface area contributed by atoms with Crippen molar-refractivity contribution in [3.8, 4) is 0 Å². The van der Waals surface area contributed by atoms with Gasteiger partial charge in [-0.05, 0) is 5.56 Å². The van der Waals surface area contributed by atoms with Crippen molar-refractivity contribution in [3.05, 3.63) is 59.9 Å². The molecule has 2 atom stereocenters. The van der Waals surface area contributed by atoms with Gasteiger partial charge < -0.3 is 14.6 Å². The van der Waals surface area contributed by atoms with Crippen molar-refractivity contribution >= 4 is 18.2 Å². The second-order valence-corrected chi connectivity index (χ2v) is 5.99. The minimum absolute atomic E-state index is 0.0339. The molecule has 1 amide bonds. The van der Waals surface area contributed by atoms with Gasteiger partial charge in [-0.1, -0.05) is 42.5 Å². The summed E-state index contributed by atoms with van der Waals surface area (Å²) in [5, 5.41) is 8.98. The zero-order chi connectivity index (χ0) is 18.6. The van der Waals surface area contributed by atoms with Gasteiger partial charge in [0.2, 0.25) is 11.4 Å². The summed E-state index contributed by atoms with van der Waals surface area (Å²) in [4.78, 5) is 37.5. The number of aliphatic hydroxyl groups excluding tert-OH is 1. The molecule has 0 saturated carbocycles. The molecular weight excluding hydrogens is 338 g/mol. The Balaban J connectivity index is 1.90. The Morgan fingerprint density at radius 1 is 1.35 bits per heavy atom. The molecular formula is C19H19NO6. The van der Waals surface area contributed by atoms with Gasteiger partial charge in [0.15, 0.2) is 6.23 Å². The van der Waals surface area contributed by atoms with Crippen molar-refractivity contribution in [1.82, 2.24) is 4.90 Å². The van der Waals surface area contributed by atoms with Crippen LogP contribution in [-0.4, -0.2) is 46.5 Å². The SMILES string of the molecule is O=C/C=C1\O[C@@H]2CC(=O)N2C1(C/C=C/CO)C(=O)OCc1ccccc1. The molecule has 2 heterocycles. The Kier molecular flexibility index (Phi) is 5.18. The summed E-state index contributed by atoms with van der Waals surface area (Å²) in [5.41, 5.74) is -0.727. The van der Waals surface area contributed by atoms with E-state index in [-0.39, 0.29) is 37.7 Å². The number of nitrogens with zero attached hydrogens (tertiary/aromatic N) is 1. The maximum atomic E-state index is 13.0. The van der Waals surface area contributed by atoms with Crippen LogP contribution < -0.4 is 0 Å². The number of fused-ring (bicyclic) bond motifs is 1. The Labute approximate surface area is 150 Å². The molecule has 2 aliphatic heterocycles. The lowest BCUT2D eigenvalue weighted by Crippen LogP contribution is -2.62. The molecule has 0 radical (unpaired) electrons. The molecule has 2 aliphatic rings. The molecule has 2 fully saturated rings. The minimum atomic E-state index is -1.53. The second-order valence-electron chi connectivity index (χ2n) is 5.99. The van der Waals surface area contributed by atoms with Crippen LogP contribution in [0.25, 0.3) is 0 Å². The van der Waals surface area contributed by atoms with Gasteiger partial charge in [-0.2, -0.15) is 0 Å². The second kappa shape index (κ2) is 7.53. The van der Waals surface area contributed by atoms with E-state index < -0.39 is 17.7 Å². The van der Waals surface area contributed by atoms with Crippen LogP contribution in [0.4, 0.5) is 0 Å². The highest BCUT2D eigenvalue weighted by molar-refractivity contribution is 5.96. The Morgan fingerprint density at radius 2 is 2.12 bits per heavy atom. The number of aldehydes is 1. The highest BCUT2D eigenvalue weighted by Gasteiger charge is 2.64. The van der Waals surface area contributed by atoms with Gasteiger partial charge in [0.1, 0.15) is 18.7 Å². The smallest absolute Gasteiger partial charge is 0.340 e. The van der Waals surface area contributed by atoms with Crippen LogP contribution in [0.1, 0.15) is 18.4 Å². The normalized spacial score (nSPS) is 25.7. The number of benzene rings is 1. The molecule has 26 heavy (non-hydrogen) atoms. The standard InChI is InChI=1S/C19H19NO6/c21-10-5-4-9-19(18(24)25-13-14-6-2-1-3-7-14)15(8-11-22)26-17-12-16(23)20(17)19/h1-8,11,17,21H,9-10,12-13H2/b5-4+,15-8-/t17-,19?/m1/s1. The summed E-state index contributed by atoms with van der Waals surface area (Å²) in [6.07, 6.45) is 4.29. The van der Waals surface area contributed by atoms with E-state index in [1.54, 1.807) is 6.08 Å². The molecule has 1 aromatic rings. The Hall–Kier alpha value is -2.93. The third kappa shape index (κ3) is 3.01. The first-order chi connectivity index (χ1) is 12.6. The van der Waals surface area contributed by atoms with Crippen LogP contribution >= 0.6 is 0 Å². The average molecular weight is 357 g/mol. The molecule has 3 rings (SSSR count). The summed E-state index contributed by atoms with van der Waals surface area (Å²) < 4.78 is 11.1. The van der Waals surface area contributed by atoms with Gasteiger partial charge in [-0.15, -0.1) is 0 Å². The van der Waals surface area contributed by atoms with Gasteiger partial charge in [-0.3, -0.25) is 14.5 Å². The number of β-lactam (4-membered cyclic amide) rings is 1. The molecule has 136 valence electrons. The van der Waals surface area contributed by atoms with Crippen LogP contribution in [0.15, 0.2) is 54.3 Å². The summed E-state index contributed by atoms with van der Waals surface area (Å²) in [6.45, 7) is -0.174. The lowest BCUT2D eigenvalue weighted by atomic mass is 9.88. The van der Waals surface area contributed by atoms with Gasteiger partial charge in [0, 0.05) is 12.5 Å². The van der Waals surface area contributed by atoms with E-state index in [0.717, 1.165) is 11.6 Å². The lowest BCUT2D eigenvalue weighted by Gasteiger charge is -2.40. The zero-order valence-corrected chi connectivity index (χ0v) is 14.0. The number of ether oxygens (including phenoxy) is 2. The number of carbonyl (C=O) groups is 3. The van der Waals surface area contributed by atoms with E-state index in [4.69, 9.17) is 14.6 Å². The molecule has 2 saturated heterocycles. The van der Waals surface area contributed by atoms with Crippen molar-refractivity contribution in [1.29, 1.82) is 0 Å². The number of carbonyl (C=O) groups excluding carboxylic acids is 3. The fraction of sp³-hybridized carbons (Fsp3) is 0.316. The molecule has 7 heteroatoms. The Bertz CT molecular complexity index is 757. The molecule has 0 bridgehead atoms. The predicted octanol–water partition coefficient (Wildman–Crippen LogP) is 1.08. The minimum Gasteiger partial charge on any atom is -0.471 e. The zero-order valence-electron chi connectivity index (χ0n) is 14.0. The highest BCUT2D eigenvalue weighted by Crippen LogP contribution is 2.46. The van der Waals surface area contributed by atoms with Crippen LogP contribution in [0.5, 0.6) is 0 Å². The number of amides is 1. The first kappa shape index (κ1) is 17.9. The number of esters is 1. The van der Waals surface area contributed by atoms with Gasteiger partial charge in [0.25, 0.3) is 0 Å². The Morgan fingerprint density at radius 3 is 2.77 bits per heavy atom. The van der Waals surface area contributed by atoms with Crippen LogP contribution in [0.3, 0.4) is 0 Å². The van der Waals surface area contributed by atoms with E-state index in [1.165, 1.54) is 11.0 Å². The van der Waals surface area contributed by atoms with E-state index in [0.29, 0.717) is 6.29 Å². The number of aliphatic hydroxyl groups is 1. The van der Waals surface area contributed by atoms with E-state index in [1.807, 2.05) is 30.3 Å². The van der Waals surface area contributed by atoms with Crippen LogP contribution in [-0.2, 0) is 30.5 Å². The average Bonchev–Trinajstić information content (AvgIpc) is 2.89. The maximum Gasteiger partial charge on any atom is 0.340 e.